The van der Waals surface area contributed by atoms with Crippen LogP contribution >= 0.6 is 0 Å². The first kappa shape index (κ1) is 18.3. The summed E-state index contributed by atoms with van der Waals surface area (Å²) in [6.45, 7) is 1.89. The van der Waals surface area contributed by atoms with Crippen LogP contribution < -0.4 is 14.2 Å². The Morgan fingerprint density at radius 1 is 0.778 bits per heavy atom. The molecule has 0 aliphatic heterocycles. The molecule has 4 heteroatoms. The van der Waals surface area contributed by atoms with E-state index in [0.717, 1.165) is 17.0 Å². The molecule has 0 saturated carbocycles. The molecule has 0 unspecified atom stereocenters. The van der Waals surface area contributed by atoms with E-state index in [1.165, 1.54) is 0 Å². The number of methoxy groups -OCH3 is 1. The van der Waals surface area contributed by atoms with Crippen LogP contribution in [0.2, 0.25) is 0 Å². The molecule has 0 saturated heterocycles. The number of rotatable bonds is 6. The van der Waals surface area contributed by atoms with Crippen LogP contribution in [0.5, 0.6) is 17.2 Å². The summed E-state index contributed by atoms with van der Waals surface area (Å²) in [5, 5.41) is 0. The third kappa shape index (κ3) is 5.47. The Hall–Kier alpha value is -3.53. The molecular weight excluding hydrogens is 338 g/mol. The van der Waals surface area contributed by atoms with Crippen LogP contribution in [0.4, 0.5) is 5.69 Å². The average molecular weight is 359 g/mol. The van der Waals surface area contributed by atoms with Gasteiger partial charge in [-0.05, 0) is 43.3 Å². The van der Waals surface area contributed by atoms with Gasteiger partial charge in [-0.1, -0.05) is 42.5 Å². The van der Waals surface area contributed by atoms with Crippen LogP contribution in [0.3, 0.4) is 0 Å². The van der Waals surface area contributed by atoms with E-state index in [4.69, 9.17) is 14.2 Å². The van der Waals surface area contributed by atoms with Gasteiger partial charge in [0.05, 0.1) is 19.1 Å². The number of hydrogen-bond donors (Lipinski definition) is 0. The molecule has 0 N–H and O–H groups in total. The van der Waals surface area contributed by atoms with Crippen molar-refractivity contribution in [2.75, 3.05) is 7.11 Å². The van der Waals surface area contributed by atoms with E-state index in [1.54, 1.807) is 13.4 Å². The second-order valence-electron chi connectivity index (χ2n) is 5.77. The minimum Gasteiger partial charge on any atom is -0.497 e. The zero-order valence-electron chi connectivity index (χ0n) is 15.3. The number of hydrogen-bond acceptors (Lipinski definition) is 4. The first-order valence-electron chi connectivity index (χ1n) is 8.59. The molecule has 0 bridgehead atoms. The summed E-state index contributed by atoms with van der Waals surface area (Å²) in [5.74, 6) is 2.58. The van der Waals surface area contributed by atoms with Gasteiger partial charge in [0, 0.05) is 11.6 Å². The molecule has 136 valence electrons. The van der Waals surface area contributed by atoms with E-state index >= 15 is 0 Å². The molecule has 0 aliphatic carbocycles. The summed E-state index contributed by atoms with van der Waals surface area (Å²) in [4.78, 5) is 4.62. The van der Waals surface area contributed by atoms with Crippen molar-refractivity contribution in [3.05, 3.63) is 96.8 Å². The molecule has 0 amide bonds. The maximum atomic E-state index is 5.99. The number of benzene rings is 3. The lowest BCUT2D eigenvalue weighted by atomic mass is 10.3. The third-order valence-corrected chi connectivity index (χ3v) is 3.69. The molecule has 0 atom stereocenters. The SMILES string of the molecule is COc1cccc(O/C=C(\C)C(=Nc2ccccc2)Oc2ccccc2)c1. The molecule has 0 heterocycles. The van der Waals surface area contributed by atoms with Crippen LogP contribution in [-0.2, 0) is 0 Å². The van der Waals surface area contributed by atoms with Gasteiger partial charge in [-0.25, -0.2) is 4.99 Å². The van der Waals surface area contributed by atoms with Gasteiger partial charge in [-0.3, -0.25) is 0 Å². The Morgan fingerprint density at radius 3 is 2.11 bits per heavy atom. The molecule has 0 fully saturated rings. The number of para-hydroxylation sites is 2. The van der Waals surface area contributed by atoms with Gasteiger partial charge in [0.2, 0.25) is 5.90 Å². The summed E-state index contributed by atoms with van der Waals surface area (Å²) in [6, 6.07) is 26.6. The molecule has 0 radical (unpaired) electrons. The highest BCUT2D eigenvalue weighted by Gasteiger charge is 2.08. The predicted molar refractivity (Wildman–Crippen MR) is 108 cm³/mol. The van der Waals surface area contributed by atoms with Crippen LogP contribution in [0.15, 0.2) is 102 Å². The number of ether oxygens (including phenoxy) is 3. The molecule has 0 aliphatic rings. The summed E-state index contributed by atoms with van der Waals surface area (Å²) >= 11 is 0. The molecular formula is C23H21NO3. The summed E-state index contributed by atoms with van der Waals surface area (Å²) < 4.78 is 17.0. The lowest BCUT2D eigenvalue weighted by molar-refractivity contribution is 0.408. The maximum absolute atomic E-state index is 5.99. The molecule has 3 aromatic carbocycles. The lowest BCUT2D eigenvalue weighted by Crippen LogP contribution is -2.10. The van der Waals surface area contributed by atoms with E-state index in [9.17, 15) is 0 Å². The normalized spacial score (nSPS) is 11.8. The Balaban J connectivity index is 1.85. The minimum absolute atomic E-state index is 0.468. The van der Waals surface area contributed by atoms with Crippen molar-refractivity contribution in [3.63, 3.8) is 0 Å². The summed E-state index contributed by atoms with van der Waals surface area (Å²) in [5.41, 5.74) is 1.56. The fraction of sp³-hybridized carbons (Fsp3) is 0.0870. The smallest absolute Gasteiger partial charge is 0.225 e. The molecule has 3 rings (SSSR count). The third-order valence-electron chi connectivity index (χ3n) is 3.69. The maximum Gasteiger partial charge on any atom is 0.225 e. The summed E-state index contributed by atoms with van der Waals surface area (Å²) in [7, 11) is 1.62. The van der Waals surface area contributed by atoms with Gasteiger partial charge in [-0.2, -0.15) is 0 Å². The Labute approximate surface area is 159 Å². The zero-order chi connectivity index (χ0) is 18.9. The Morgan fingerprint density at radius 2 is 1.41 bits per heavy atom. The highest BCUT2D eigenvalue weighted by molar-refractivity contribution is 5.96. The Bertz CT molecular complexity index is 919. The van der Waals surface area contributed by atoms with Crippen molar-refractivity contribution in [2.45, 2.75) is 6.92 Å². The predicted octanol–water partition coefficient (Wildman–Crippen LogP) is 5.79. The van der Waals surface area contributed by atoms with E-state index in [1.807, 2.05) is 91.9 Å². The van der Waals surface area contributed by atoms with Crippen LogP contribution in [0, 0.1) is 0 Å². The van der Waals surface area contributed by atoms with E-state index in [0.29, 0.717) is 17.4 Å². The molecule has 0 spiro atoms. The van der Waals surface area contributed by atoms with Crippen molar-refractivity contribution >= 4 is 11.6 Å². The highest BCUT2D eigenvalue weighted by atomic mass is 16.5. The highest BCUT2D eigenvalue weighted by Crippen LogP contribution is 2.21. The monoisotopic (exact) mass is 359 g/mol. The van der Waals surface area contributed by atoms with E-state index < -0.39 is 0 Å². The second kappa shape index (κ2) is 9.25. The van der Waals surface area contributed by atoms with Crippen LogP contribution in [0.1, 0.15) is 6.92 Å². The van der Waals surface area contributed by atoms with Gasteiger partial charge in [0.25, 0.3) is 0 Å². The molecule has 4 nitrogen and oxygen atoms in total. The molecule has 0 aromatic heterocycles. The second-order valence-corrected chi connectivity index (χ2v) is 5.77. The van der Waals surface area contributed by atoms with Crippen molar-refractivity contribution in [1.82, 2.24) is 0 Å². The zero-order valence-corrected chi connectivity index (χ0v) is 15.3. The van der Waals surface area contributed by atoms with Gasteiger partial charge >= 0.3 is 0 Å². The van der Waals surface area contributed by atoms with Gasteiger partial charge in [0.15, 0.2) is 0 Å². The standard InChI is InChI=1S/C23H21NO3/c1-18(17-26-22-15-9-14-21(16-22)25-2)23(24-19-10-5-3-6-11-19)27-20-12-7-4-8-13-20/h3-17H,1-2H3/b18-17+,24-23?. The first-order chi connectivity index (χ1) is 13.2. The van der Waals surface area contributed by atoms with Crippen LogP contribution in [0.25, 0.3) is 0 Å². The van der Waals surface area contributed by atoms with E-state index in [2.05, 4.69) is 4.99 Å². The fourth-order valence-electron chi connectivity index (χ4n) is 2.29. The van der Waals surface area contributed by atoms with Crippen molar-refractivity contribution < 1.29 is 14.2 Å². The lowest BCUT2D eigenvalue weighted by Gasteiger charge is -2.10. The minimum atomic E-state index is 0.468. The topological polar surface area (TPSA) is 40.0 Å². The quantitative estimate of drug-likeness (QED) is 0.318. The number of aliphatic imine (C=N–C) groups is 1. The number of nitrogens with zero attached hydrogens (tertiary/aromatic N) is 1. The van der Waals surface area contributed by atoms with E-state index in [-0.39, 0.29) is 0 Å². The van der Waals surface area contributed by atoms with Crippen molar-refractivity contribution in [2.24, 2.45) is 4.99 Å². The van der Waals surface area contributed by atoms with Gasteiger partial charge in [0.1, 0.15) is 17.2 Å². The Kier molecular flexibility index (Phi) is 6.26. The van der Waals surface area contributed by atoms with Gasteiger partial charge < -0.3 is 14.2 Å². The molecule has 3 aromatic rings. The van der Waals surface area contributed by atoms with Crippen molar-refractivity contribution in [1.29, 1.82) is 0 Å². The summed E-state index contributed by atoms with van der Waals surface area (Å²) in [6.07, 6.45) is 1.62. The fourth-order valence-corrected chi connectivity index (χ4v) is 2.29. The molecule has 27 heavy (non-hydrogen) atoms. The largest absolute Gasteiger partial charge is 0.497 e. The van der Waals surface area contributed by atoms with Crippen molar-refractivity contribution in [3.8, 4) is 17.2 Å². The first-order valence-corrected chi connectivity index (χ1v) is 8.59. The van der Waals surface area contributed by atoms with Gasteiger partial charge in [-0.15, -0.1) is 0 Å². The van der Waals surface area contributed by atoms with Crippen LogP contribution in [-0.4, -0.2) is 13.0 Å². The average Bonchev–Trinajstić information content (AvgIpc) is 2.73.